The molecule has 0 N–H and O–H groups in total. The summed E-state index contributed by atoms with van der Waals surface area (Å²) in [5.41, 5.74) is 0.332. The summed E-state index contributed by atoms with van der Waals surface area (Å²) in [6.07, 6.45) is 9.46. The third-order valence-electron chi connectivity index (χ3n) is 4.35. The van der Waals surface area contributed by atoms with Gasteiger partial charge in [0.25, 0.3) is 0 Å². The Morgan fingerprint density at radius 3 is 2.65 bits per heavy atom. The smallest absolute Gasteiger partial charge is 0.107 e. The summed E-state index contributed by atoms with van der Waals surface area (Å²) >= 11 is 0. The average Bonchev–Trinajstić information content (AvgIpc) is 2.35. The van der Waals surface area contributed by atoms with Crippen molar-refractivity contribution in [3.8, 4) is 18.4 Å². The van der Waals surface area contributed by atoms with Gasteiger partial charge in [0.1, 0.15) is 6.61 Å². The van der Waals surface area contributed by atoms with Crippen LogP contribution in [-0.2, 0) is 4.74 Å². The van der Waals surface area contributed by atoms with E-state index in [4.69, 9.17) is 16.4 Å². The molecule has 1 aliphatic carbocycles. The van der Waals surface area contributed by atoms with E-state index in [1.807, 2.05) is 0 Å². The van der Waals surface area contributed by atoms with Crippen molar-refractivity contribution in [3.05, 3.63) is 0 Å². The zero-order valence-corrected chi connectivity index (χ0v) is 11.2. The largest absolute Gasteiger partial charge is 0.364 e. The molecule has 0 aromatic rings. The first-order chi connectivity index (χ1) is 8.05. The van der Waals surface area contributed by atoms with Gasteiger partial charge in [-0.25, -0.2) is 0 Å². The van der Waals surface area contributed by atoms with Gasteiger partial charge >= 0.3 is 0 Å². The number of ether oxygens (including phenoxy) is 1. The highest BCUT2D eigenvalue weighted by molar-refractivity contribution is 4.97. The Balaban J connectivity index is 2.66. The molecule has 0 spiro atoms. The van der Waals surface area contributed by atoms with Crippen molar-refractivity contribution in [2.45, 2.75) is 52.6 Å². The molecule has 1 fully saturated rings. The van der Waals surface area contributed by atoms with E-state index >= 15 is 0 Å². The maximum atomic E-state index is 9.13. The zero-order valence-electron chi connectivity index (χ0n) is 11.2. The third kappa shape index (κ3) is 3.48. The molecule has 17 heavy (non-hydrogen) atoms. The SMILES string of the molecule is C#CCOC1CC(C(C)(C)CC)CCC1C#N. The lowest BCUT2D eigenvalue weighted by molar-refractivity contribution is -0.0180. The van der Waals surface area contributed by atoms with Gasteiger partial charge in [-0.1, -0.05) is 33.1 Å². The first-order valence-corrected chi connectivity index (χ1v) is 6.49. The van der Waals surface area contributed by atoms with Crippen molar-refractivity contribution in [2.24, 2.45) is 17.3 Å². The fraction of sp³-hybridized carbons (Fsp3) is 0.800. The number of terminal acetylenes is 1. The summed E-state index contributed by atoms with van der Waals surface area (Å²) in [7, 11) is 0. The van der Waals surface area contributed by atoms with Crippen LogP contribution in [0.5, 0.6) is 0 Å². The predicted octanol–water partition coefficient (Wildman–Crippen LogP) is 3.38. The Morgan fingerprint density at radius 2 is 2.12 bits per heavy atom. The molecule has 3 atom stereocenters. The van der Waals surface area contributed by atoms with Gasteiger partial charge in [0.15, 0.2) is 0 Å². The first-order valence-electron chi connectivity index (χ1n) is 6.49. The van der Waals surface area contributed by atoms with Crippen LogP contribution in [0.4, 0.5) is 0 Å². The molecule has 1 aliphatic rings. The summed E-state index contributed by atoms with van der Waals surface area (Å²) in [6.45, 7) is 7.17. The fourth-order valence-electron chi connectivity index (χ4n) is 2.61. The minimum absolute atomic E-state index is 0.0206. The maximum Gasteiger partial charge on any atom is 0.107 e. The highest BCUT2D eigenvalue weighted by Gasteiger charge is 2.37. The van der Waals surface area contributed by atoms with E-state index in [9.17, 15) is 0 Å². The first kappa shape index (κ1) is 14.1. The molecule has 2 nitrogen and oxygen atoms in total. The molecular formula is C15H23NO. The van der Waals surface area contributed by atoms with Gasteiger partial charge in [0.2, 0.25) is 0 Å². The molecule has 0 amide bonds. The maximum absolute atomic E-state index is 9.13. The van der Waals surface area contributed by atoms with E-state index in [0.717, 1.165) is 25.7 Å². The molecular weight excluding hydrogens is 210 g/mol. The molecule has 0 saturated heterocycles. The summed E-state index contributed by atoms with van der Waals surface area (Å²) in [5.74, 6) is 3.15. The quantitative estimate of drug-likeness (QED) is 0.697. The van der Waals surface area contributed by atoms with Crippen LogP contribution < -0.4 is 0 Å². The van der Waals surface area contributed by atoms with Crippen molar-refractivity contribution in [1.29, 1.82) is 5.26 Å². The second-order valence-electron chi connectivity index (χ2n) is 5.64. The van der Waals surface area contributed by atoms with Gasteiger partial charge in [0.05, 0.1) is 18.1 Å². The van der Waals surface area contributed by atoms with Crippen LogP contribution in [-0.4, -0.2) is 12.7 Å². The van der Waals surface area contributed by atoms with Gasteiger partial charge in [-0.3, -0.25) is 0 Å². The van der Waals surface area contributed by atoms with Crippen molar-refractivity contribution in [2.75, 3.05) is 6.61 Å². The Hall–Kier alpha value is -0.990. The van der Waals surface area contributed by atoms with E-state index in [-0.39, 0.29) is 12.0 Å². The lowest BCUT2D eigenvalue weighted by Gasteiger charge is -2.41. The van der Waals surface area contributed by atoms with E-state index in [1.54, 1.807) is 0 Å². The molecule has 0 aliphatic heterocycles. The molecule has 94 valence electrons. The monoisotopic (exact) mass is 233 g/mol. The zero-order chi connectivity index (χ0) is 12.9. The van der Waals surface area contributed by atoms with E-state index in [1.165, 1.54) is 0 Å². The summed E-state index contributed by atoms with van der Waals surface area (Å²) in [6, 6.07) is 2.36. The molecule has 0 aromatic heterocycles. The summed E-state index contributed by atoms with van der Waals surface area (Å²) in [4.78, 5) is 0. The fourth-order valence-corrected chi connectivity index (χ4v) is 2.61. The van der Waals surface area contributed by atoms with Crippen LogP contribution in [0.1, 0.15) is 46.5 Å². The van der Waals surface area contributed by atoms with Gasteiger partial charge in [-0.2, -0.15) is 5.26 Å². The highest BCUT2D eigenvalue weighted by atomic mass is 16.5. The Morgan fingerprint density at radius 1 is 1.41 bits per heavy atom. The Labute approximate surface area is 105 Å². The van der Waals surface area contributed by atoms with Crippen molar-refractivity contribution >= 4 is 0 Å². The average molecular weight is 233 g/mol. The Kier molecular flexibility index (Phi) is 5.03. The minimum Gasteiger partial charge on any atom is -0.364 e. The lowest BCUT2D eigenvalue weighted by atomic mass is 9.67. The summed E-state index contributed by atoms with van der Waals surface area (Å²) in [5, 5.41) is 9.13. The van der Waals surface area contributed by atoms with Gasteiger partial charge < -0.3 is 4.74 Å². The summed E-state index contributed by atoms with van der Waals surface area (Å²) < 4.78 is 5.65. The molecule has 3 unspecified atom stereocenters. The second kappa shape index (κ2) is 6.08. The molecule has 0 aromatic carbocycles. The van der Waals surface area contributed by atoms with Crippen LogP contribution >= 0.6 is 0 Å². The van der Waals surface area contributed by atoms with E-state index in [2.05, 4.69) is 32.8 Å². The van der Waals surface area contributed by atoms with Crippen molar-refractivity contribution < 1.29 is 4.74 Å². The number of nitrogens with zero attached hydrogens (tertiary/aromatic N) is 1. The van der Waals surface area contributed by atoms with Crippen LogP contribution in [0.2, 0.25) is 0 Å². The van der Waals surface area contributed by atoms with Crippen molar-refractivity contribution in [1.82, 2.24) is 0 Å². The normalized spacial score (nSPS) is 29.4. The van der Waals surface area contributed by atoms with Gasteiger partial charge in [-0.05, 0) is 30.6 Å². The standard InChI is InChI=1S/C15H23NO/c1-5-9-17-14-10-13(15(3,4)6-2)8-7-12(14)11-16/h1,12-14H,6-10H2,2-4H3. The van der Waals surface area contributed by atoms with E-state index < -0.39 is 0 Å². The molecule has 0 bridgehead atoms. The molecule has 1 rings (SSSR count). The molecule has 2 heteroatoms. The number of hydrogen-bond acceptors (Lipinski definition) is 2. The number of nitriles is 1. The van der Waals surface area contributed by atoms with Crippen LogP contribution in [0.15, 0.2) is 0 Å². The van der Waals surface area contributed by atoms with Gasteiger partial charge in [-0.15, -0.1) is 6.42 Å². The lowest BCUT2D eigenvalue weighted by Crippen LogP contribution is -2.37. The molecule has 0 radical (unpaired) electrons. The van der Waals surface area contributed by atoms with Crippen molar-refractivity contribution in [3.63, 3.8) is 0 Å². The van der Waals surface area contributed by atoms with Gasteiger partial charge in [0, 0.05) is 0 Å². The van der Waals surface area contributed by atoms with Crippen LogP contribution in [0.25, 0.3) is 0 Å². The number of rotatable bonds is 4. The van der Waals surface area contributed by atoms with Crippen LogP contribution in [0.3, 0.4) is 0 Å². The Bertz CT molecular complexity index is 321. The molecule has 1 saturated carbocycles. The topological polar surface area (TPSA) is 33.0 Å². The highest BCUT2D eigenvalue weighted by Crippen LogP contribution is 2.42. The minimum atomic E-state index is 0.0206. The van der Waals surface area contributed by atoms with E-state index in [0.29, 0.717) is 17.9 Å². The van der Waals surface area contributed by atoms with Crippen LogP contribution in [0, 0.1) is 40.9 Å². The molecule has 0 heterocycles. The third-order valence-corrected chi connectivity index (χ3v) is 4.35. The second-order valence-corrected chi connectivity index (χ2v) is 5.64. The predicted molar refractivity (Wildman–Crippen MR) is 69.1 cm³/mol. The number of hydrogen-bond donors (Lipinski definition) is 0.